The van der Waals surface area contributed by atoms with Gasteiger partial charge < -0.3 is 31.1 Å². The summed E-state index contributed by atoms with van der Waals surface area (Å²) in [6, 6.07) is -4.67. The van der Waals surface area contributed by atoms with Gasteiger partial charge in [-0.25, -0.2) is 13.2 Å². The third-order valence-corrected chi connectivity index (χ3v) is 13.9. The van der Waals surface area contributed by atoms with Gasteiger partial charge in [0.15, 0.2) is 15.9 Å². The maximum Gasteiger partial charge on any atom is 0.326 e. The van der Waals surface area contributed by atoms with Crippen LogP contribution in [0.5, 0.6) is 0 Å². The molecule has 0 aromatic carbocycles. The third-order valence-electron chi connectivity index (χ3n) is 13.2. The van der Waals surface area contributed by atoms with Crippen molar-refractivity contribution < 1.29 is 42.2 Å². The number of carbonyl (C=O) groups is 5. The van der Waals surface area contributed by atoms with Crippen LogP contribution in [0.15, 0.2) is 0 Å². The zero-order valence-corrected chi connectivity index (χ0v) is 34.2. The Morgan fingerprint density at radius 2 is 1.30 bits per heavy atom. The molecule has 56 heavy (non-hydrogen) atoms. The molecule has 5 N–H and O–H groups in total. The molecule has 0 aromatic rings. The quantitative estimate of drug-likeness (QED) is 0.177. The predicted octanol–water partition coefficient (Wildman–Crippen LogP) is 4.17. The molecule has 2 heterocycles. The Kier molecular flexibility index (Phi) is 16.9. The maximum atomic E-state index is 14.4. The van der Waals surface area contributed by atoms with Gasteiger partial charge in [-0.1, -0.05) is 88.9 Å². The van der Waals surface area contributed by atoms with Crippen molar-refractivity contribution >= 4 is 39.4 Å². The summed E-state index contributed by atoms with van der Waals surface area (Å²) in [5, 5.41) is 21.3. The molecule has 4 atom stereocenters. The molecule has 4 saturated carbocycles. The van der Waals surface area contributed by atoms with Crippen LogP contribution < -0.4 is 21.3 Å². The van der Waals surface area contributed by atoms with Crippen LogP contribution in [-0.4, -0.2) is 92.0 Å². The minimum atomic E-state index is -3.50. The summed E-state index contributed by atoms with van der Waals surface area (Å²) in [5.41, 5.74) is 0. The Morgan fingerprint density at radius 1 is 0.696 bits per heavy atom. The highest BCUT2D eigenvalue weighted by atomic mass is 32.2. The number of carboxylic acid groups (broad SMARTS) is 1. The number of hydrogen-bond donors (Lipinski definition) is 5. The van der Waals surface area contributed by atoms with Gasteiger partial charge in [0.1, 0.15) is 30.5 Å². The van der Waals surface area contributed by atoms with E-state index < -0.39 is 69.4 Å². The van der Waals surface area contributed by atoms with Crippen LogP contribution in [-0.2, 0) is 38.5 Å². The molecule has 0 spiro atoms. The van der Waals surface area contributed by atoms with E-state index in [0.717, 1.165) is 63.5 Å². The molecule has 6 fully saturated rings. The van der Waals surface area contributed by atoms with E-state index in [2.05, 4.69) is 33.1 Å². The Bertz CT molecular complexity index is 1520. The van der Waals surface area contributed by atoms with Crippen LogP contribution in [0.1, 0.15) is 141 Å². The van der Waals surface area contributed by atoms with E-state index >= 15 is 0 Å². The lowest BCUT2D eigenvalue weighted by molar-refractivity contribution is -0.143. The molecule has 6 rings (SSSR count). The summed E-state index contributed by atoms with van der Waals surface area (Å²) in [6.45, 7) is -0.350. The highest BCUT2D eigenvalue weighted by molar-refractivity contribution is 7.90. The van der Waals surface area contributed by atoms with Crippen LogP contribution in [0.25, 0.3) is 0 Å². The highest BCUT2D eigenvalue weighted by Crippen LogP contribution is 2.41. The van der Waals surface area contributed by atoms with Gasteiger partial charge in [0.05, 0.1) is 6.10 Å². The minimum absolute atomic E-state index is 0.0244. The highest BCUT2D eigenvalue weighted by Gasteiger charge is 2.36. The standard InChI is InChI=1S/C42H66N4O9S/c1-56(53,54)24-8-13-34-39(48)45-36(25-29-14-19-32(20-15-29)31-11-6-3-7-12-31)41(50)44-35(23-18-28-9-4-2-5-10-28)40(49)46-37(42(51)52)26-30-16-21-33(22-17-30)55-27-38(47)43-34/h28-37H,2-7,9-12,14-27H2,1H3,(H,43,47)(H,44,50)(H,45,48)(H,46,49)(H,51,52). The molecule has 314 valence electrons. The van der Waals surface area contributed by atoms with Crippen LogP contribution in [0.3, 0.4) is 0 Å². The zero-order valence-electron chi connectivity index (χ0n) is 33.4. The van der Waals surface area contributed by atoms with E-state index in [1.807, 2.05) is 0 Å². The largest absolute Gasteiger partial charge is 0.480 e. The van der Waals surface area contributed by atoms with E-state index in [9.17, 15) is 37.5 Å². The number of carbonyl (C=O) groups excluding carboxylic acids is 4. The molecule has 4 aliphatic carbocycles. The van der Waals surface area contributed by atoms with Crippen LogP contribution in [0.4, 0.5) is 0 Å². The molecule has 2 bridgehead atoms. The van der Waals surface area contributed by atoms with Crippen molar-refractivity contribution in [1.82, 2.24) is 21.3 Å². The Morgan fingerprint density at radius 3 is 1.95 bits per heavy atom. The third kappa shape index (κ3) is 14.3. The second-order valence-corrected chi connectivity index (χ2v) is 19.7. The first-order valence-electron chi connectivity index (χ1n) is 21.5. The molecule has 2 saturated heterocycles. The minimum Gasteiger partial charge on any atom is -0.480 e. The first-order valence-corrected chi connectivity index (χ1v) is 23.6. The Balaban J connectivity index is 1.40. The monoisotopic (exact) mass is 802 g/mol. The van der Waals surface area contributed by atoms with Gasteiger partial charge in [-0.05, 0) is 93.8 Å². The fourth-order valence-corrected chi connectivity index (χ4v) is 10.3. The molecule has 13 nitrogen and oxygen atoms in total. The summed E-state index contributed by atoms with van der Waals surface area (Å²) in [6.07, 6.45) is 20.7. The second-order valence-electron chi connectivity index (χ2n) is 17.6. The molecular weight excluding hydrogens is 737 g/mol. The van der Waals surface area contributed by atoms with E-state index in [1.54, 1.807) is 0 Å². The van der Waals surface area contributed by atoms with E-state index in [0.29, 0.717) is 56.8 Å². The number of nitrogens with one attached hydrogen (secondary N) is 4. The number of sulfone groups is 1. The summed E-state index contributed by atoms with van der Waals surface area (Å²) in [5.74, 6) is 2.94. The average molecular weight is 803 g/mol. The SMILES string of the molecule is CS(=O)(=O)CC#CC1NC(=O)COC2CCC(CC2)CC(C(=O)O)NC(=O)C(CCC2CCCCC2)NC(=O)C(CC2CCC(C3CCCCC3)CC2)NC1=O. The average Bonchev–Trinajstić information content (AvgIpc) is 3.18. The lowest BCUT2D eigenvalue weighted by Crippen LogP contribution is -2.58. The van der Waals surface area contributed by atoms with Crippen molar-refractivity contribution in [3.8, 4) is 11.8 Å². The molecule has 2 aliphatic heterocycles. The number of amides is 4. The van der Waals surface area contributed by atoms with Crippen molar-refractivity contribution in [2.24, 2.45) is 29.6 Å². The van der Waals surface area contributed by atoms with Crippen LogP contribution >= 0.6 is 0 Å². The molecule has 6 aliphatic rings. The maximum absolute atomic E-state index is 14.4. The van der Waals surface area contributed by atoms with E-state index in [-0.39, 0.29) is 31.0 Å². The number of hydrogen-bond acceptors (Lipinski definition) is 8. The molecule has 4 unspecified atom stereocenters. The van der Waals surface area contributed by atoms with Crippen molar-refractivity contribution in [1.29, 1.82) is 0 Å². The number of rotatable bonds is 8. The van der Waals surface area contributed by atoms with Crippen molar-refractivity contribution in [3.05, 3.63) is 0 Å². The van der Waals surface area contributed by atoms with Gasteiger partial charge in [0, 0.05) is 6.26 Å². The normalized spacial score (nSPS) is 32.6. The summed E-state index contributed by atoms with van der Waals surface area (Å²) in [7, 11) is -3.50. The summed E-state index contributed by atoms with van der Waals surface area (Å²) >= 11 is 0. The topological polar surface area (TPSA) is 197 Å². The lowest BCUT2D eigenvalue weighted by atomic mass is 9.70. The van der Waals surface area contributed by atoms with Gasteiger partial charge in [0.2, 0.25) is 17.7 Å². The number of ether oxygens (including phenoxy) is 1. The van der Waals surface area contributed by atoms with Gasteiger partial charge in [-0.2, -0.15) is 0 Å². The number of fused-ring (bicyclic) bond motifs is 16. The van der Waals surface area contributed by atoms with E-state index in [4.69, 9.17) is 4.74 Å². The summed E-state index contributed by atoms with van der Waals surface area (Å²) in [4.78, 5) is 68.0. The Labute approximate surface area is 333 Å². The van der Waals surface area contributed by atoms with Gasteiger partial charge >= 0.3 is 5.97 Å². The van der Waals surface area contributed by atoms with Crippen molar-refractivity contribution in [2.45, 2.75) is 172 Å². The number of aliphatic carboxylic acids is 1. The smallest absolute Gasteiger partial charge is 0.326 e. The first kappa shape index (κ1) is 43.9. The Hall–Kier alpha value is -3.18. The number of carboxylic acids is 1. The van der Waals surface area contributed by atoms with Crippen molar-refractivity contribution in [2.75, 3.05) is 18.6 Å². The zero-order chi connectivity index (χ0) is 40.1. The van der Waals surface area contributed by atoms with Gasteiger partial charge in [0.25, 0.3) is 5.91 Å². The molecule has 14 heteroatoms. The molecule has 0 aromatic heterocycles. The fourth-order valence-electron chi connectivity index (χ4n) is 9.94. The second kappa shape index (κ2) is 21.5. The first-order chi connectivity index (χ1) is 26.8. The predicted molar refractivity (Wildman–Crippen MR) is 212 cm³/mol. The van der Waals surface area contributed by atoms with Gasteiger partial charge in [-0.15, -0.1) is 0 Å². The molecule has 0 radical (unpaired) electrons. The fraction of sp³-hybridized carbons (Fsp3) is 0.833. The van der Waals surface area contributed by atoms with Crippen LogP contribution in [0, 0.1) is 41.4 Å². The van der Waals surface area contributed by atoms with E-state index in [1.165, 1.54) is 38.5 Å². The molecule has 4 amide bonds. The van der Waals surface area contributed by atoms with Crippen molar-refractivity contribution in [3.63, 3.8) is 0 Å². The van der Waals surface area contributed by atoms with Gasteiger partial charge in [-0.3, -0.25) is 19.2 Å². The molecular formula is C42H66N4O9S. The summed E-state index contributed by atoms with van der Waals surface area (Å²) < 4.78 is 29.7. The van der Waals surface area contributed by atoms with Crippen LogP contribution in [0.2, 0.25) is 0 Å². The lowest BCUT2D eigenvalue weighted by Gasteiger charge is -2.37.